The van der Waals surface area contributed by atoms with Gasteiger partial charge in [0.05, 0.1) is 17.2 Å². The Morgan fingerprint density at radius 1 is 0.844 bits per heavy atom. The lowest BCUT2D eigenvalue weighted by molar-refractivity contribution is -0.0485. The summed E-state index contributed by atoms with van der Waals surface area (Å²) in [6, 6.07) is -0.109. The minimum absolute atomic E-state index is 0. The molecule has 1 atom stereocenters. The summed E-state index contributed by atoms with van der Waals surface area (Å²) in [6.45, 7) is 14.4. The predicted octanol–water partition coefficient (Wildman–Crippen LogP) is 6.53. The van der Waals surface area contributed by atoms with Crippen LogP contribution in [-0.2, 0) is 4.74 Å². The molecule has 7 heteroatoms. The van der Waals surface area contributed by atoms with Gasteiger partial charge < -0.3 is 19.8 Å². The molecule has 1 heterocycles. The molecule has 1 amide bonds. The molecule has 2 aliphatic rings. The van der Waals surface area contributed by atoms with Crippen molar-refractivity contribution in [1.82, 2.24) is 4.90 Å². The van der Waals surface area contributed by atoms with Crippen LogP contribution in [0.25, 0.3) is 0 Å². The average molecular weight is 498 g/mol. The van der Waals surface area contributed by atoms with Crippen molar-refractivity contribution >= 4 is 33.1 Å². The first kappa shape index (κ1) is 36.5. The Morgan fingerprint density at radius 2 is 1.28 bits per heavy atom. The molecule has 1 aliphatic carbocycles. The fraction of sp³-hybridized carbons (Fsp3) is 0.960. The molecule has 0 unspecified atom stereocenters. The Labute approximate surface area is 213 Å². The fourth-order valence-corrected chi connectivity index (χ4v) is 4.88. The van der Waals surface area contributed by atoms with Crippen molar-refractivity contribution in [2.75, 3.05) is 6.54 Å². The zero-order valence-electron chi connectivity index (χ0n) is 21.1. The van der Waals surface area contributed by atoms with Crippen LogP contribution in [0.2, 0.25) is 0 Å². The van der Waals surface area contributed by atoms with Gasteiger partial charge >= 0.3 is 6.09 Å². The van der Waals surface area contributed by atoms with E-state index in [2.05, 4.69) is 13.8 Å². The van der Waals surface area contributed by atoms with Crippen LogP contribution in [0.3, 0.4) is 0 Å². The Balaban J connectivity index is -0.000000525. The number of carbonyl (C=O) groups is 1. The number of rotatable bonds is 6. The van der Waals surface area contributed by atoms with E-state index in [4.69, 9.17) is 4.74 Å². The molecule has 0 radical (unpaired) electrons. The number of hydrogen-bond donors (Lipinski definition) is 2. The first-order valence-corrected chi connectivity index (χ1v) is 11.9. The molecule has 0 bridgehead atoms. The zero-order valence-corrected chi connectivity index (χ0v) is 23.1. The van der Waals surface area contributed by atoms with Crippen molar-refractivity contribution in [2.45, 2.75) is 143 Å². The molecule has 5 nitrogen and oxygen atoms in total. The second-order valence-corrected chi connectivity index (χ2v) is 9.93. The van der Waals surface area contributed by atoms with E-state index >= 15 is 0 Å². The highest BCUT2D eigenvalue weighted by molar-refractivity contribution is 7.59. The second-order valence-electron chi connectivity index (χ2n) is 9.93. The van der Waals surface area contributed by atoms with Crippen LogP contribution in [0.15, 0.2) is 0 Å². The van der Waals surface area contributed by atoms with Crippen LogP contribution < -0.4 is 0 Å². The van der Waals surface area contributed by atoms with Crippen LogP contribution in [0.4, 0.5) is 4.79 Å². The third-order valence-corrected chi connectivity index (χ3v) is 7.07. The third kappa shape index (κ3) is 10.0. The van der Waals surface area contributed by atoms with E-state index in [-0.39, 0.29) is 52.2 Å². The Bertz CT molecular complexity index is 497. The van der Waals surface area contributed by atoms with E-state index in [1.807, 2.05) is 34.6 Å². The largest absolute Gasteiger partial charge is 0.444 e. The van der Waals surface area contributed by atoms with Crippen molar-refractivity contribution in [3.05, 3.63) is 0 Å². The Morgan fingerprint density at radius 3 is 1.66 bits per heavy atom. The molecule has 1 aliphatic heterocycles. The van der Waals surface area contributed by atoms with E-state index in [9.17, 15) is 15.0 Å². The van der Waals surface area contributed by atoms with Crippen molar-refractivity contribution < 1.29 is 19.7 Å². The summed E-state index contributed by atoms with van der Waals surface area (Å²) < 4.78 is 5.41. The minimum Gasteiger partial charge on any atom is -0.444 e. The second kappa shape index (κ2) is 15.7. The topological polar surface area (TPSA) is 70.0 Å². The molecule has 0 aromatic carbocycles. The lowest BCUT2D eigenvalue weighted by Gasteiger charge is -2.38. The summed E-state index contributed by atoms with van der Waals surface area (Å²) in [6.07, 6.45) is 9.81. The van der Waals surface area contributed by atoms with Gasteiger partial charge in [-0.2, -0.15) is 27.0 Å². The number of hydrogen-bond acceptors (Lipinski definition) is 4. The van der Waals surface area contributed by atoms with Crippen molar-refractivity contribution in [1.29, 1.82) is 0 Å². The molecule has 1 saturated carbocycles. The zero-order chi connectivity index (χ0) is 22.3. The standard InChI is InChI=1S/C14H27NO3.C10H20O.CH4.2H2S/c1-6-14(17,7-2)11-9-8-10-15(11)12(16)18-13(3,4)5;1-3-10(11,4-2)9-7-5-6-8-9;;;/h11,17H,6-10H2,1-5H3;9,11H,3-8H2,1-2H3;1H4;2*1H2/t11-;;;;/m0..../s1. The number of ether oxygens (including phenoxy) is 1. The van der Waals surface area contributed by atoms with Gasteiger partial charge in [-0.3, -0.25) is 0 Å². The molecule has 0 spiro atoms. The van der Waals surface area contributed by atoms with E-state index in [1.54, 1.807) is 4.90 Å². The average Bonchev–Trinajstić information content (AvgIpc) is 3.38. The first-order chi connectivity index (χ1) is 13.5. The van der Waals surface area contributed by atoms with Crippen LogP contribution in [0.1, 0.15) is 120 Å². The van der Waals surface area contributed by atoms with Gasteiger partial charge in [0.15, 0.2) is 0 Å². The lowest BCUT2D eigenvalue weighted by atomic mass is 9.82. The maximum atomic E-state index is 12.1. The van der Waals surface area contributed by atoms with Gasteiger partial charge in [0.2, 0.25) is 0 Å². The third-order valence-electron chi connectivity index (χ3n) is 7.07. The van der Waals surface area contributed by atoms with Crippen LogP contribution >= 0.6 is 27.0 Å². The summed E-state index contributed by atoms with van der Waals surface area (Å²) in [4.78, 5) is 13.8. The summed E-state index contributed by atoms with van der Waals surface area (Å²) in [7, 11) is 0. The van der Waals surface area contributed by atoms with E-state index in [1.165, 1.54) is 25.7 Å². The quantitative estimate of drug-likeness (QED) is 0.438. The van der Waals surface area contributed by atoms with Crippen molar-refractivity contribution in [3.8, 4) is 0 Å². The molecule has 2 fully saturated rings. The van der Waals surface area contributed by atoms with Gasteiger partial charge in [-0.05, 0) is 78.1 Å². The van der Waals surface area contributed by atoms with Gasteiger partial charge in [0.25, 0.3) is 0 Å². The molecule has 196 valence electrons. The Kier molecular flexibility index (Phi) is 17.9. The van der Waals surface area contributed by atoms with Gasteiger partial charge in [0, 0.05) is 6.54 Å². The fourth-order valence-electron chi connectivity index (χ4n) is 4.88. The van der Waals surface area contributed by atoms with Gasteiger partial charge in [0.1, 0.15) is 5.60 Å². The molecule has 2 rings (SSSR count). The highest BCUT2D eigenvalue weighted by atomic mass is 32.1. The predicted molar refractivity (Wildman–Crippen MR) is 146 cm³/mol. The summed E-state index contributed by atoms with van der Waals surface area (Å²) >= 11 is 0. The SMILES string of the molecule is C.CCC(O)(CC)C1CCCC1.CCC(O)(CC)[C@@H]1CCCN1C(=O)OC(C)(C)C.S.S. The van der Waals surface area contributed by atoms with Gasteiger partial charge in [-0.1, -0.05) is 48.0 Å². The van der Waals surface area contributed by atoms with E-state index in [0.717, 1.165) is 25.7 Å². The van der Waals surface area contributed by atoms with Gasteiger partial charge in [-0.25, -0.2) is 4.79 Å². The number of nitrogens with zero attached hydrogens (tertiary/aromatic N) is 1. The van der Waals surface area contributed by atoms with Crippen LogP contribution in [0, 0.1) is 5.92 Å². The number of amides is 1. The van der Waals surface area contributed by atoms with Crippen LogP contribution in [0.5, 0.6) is 0 Å². The van der Waals surface area contributed by atoms with E-state index in [0.29, 0.717) is 25.3 Å². The lowest BCUT2D eigenvalue weighted by Crippen LogP contribution is -2.52. The highest BCUT2D eigenvalue weighted by Gasteiger charge is 2.43. The highest BCUT2D eigenvalue weighted by Crippen LogP contribution is 2.37. The molecule has 1 saturated heterocycles. The first-order valence-electron chi connectivity index (χ1n) is 11.9. The maximum absolute atomic E-state index is 12.1. The minimum atomic E-state index is -0.784. The van der Waals surface area contributed by atoms with Crippen LogP contribution in [-0.4, -0.2) is 50.6 Å². The summed E-state index contributed by atoms with van der Waals surface area (Å²) in [5.41, 5.74) is -1.61. The molecular weight excluding hydrogens is 442 g/mol. The maximum Gasteiger partial charge on any atom is 0.410 e. The molecular formula is C25H55NO4S2. The molecule has 0 aromatic rings. The number of aliphatic hydroxyl groups is 2. The monoisotopic (exact) mass is 497 g/mol. The van der Waals surface area contributed by atoms with Gasteiger partial charge in [-0.15, -0.1) is 0 Å². The smallest absolute Gasteiger partial charge is 0.410 e. The molecule has 32 heavy (non-hydrogen) atoms. The van der Waals surface area contributed by atoms with Crippen molar-refractivity contribution in [2.24, 2.45) is 5.92 Å². The molecule has 2 N–H and O–H groups in total. The summed E-state index contributed by atoms with van der Waals surface area (Å²) in [5, 5.41) is 20.7. The van der Waals surface area contributed by atoms with Crippen molar-refractivity contribution in [3.63, 3.8) is 0 Å². The van der Waals surface area contributed by atoms with E-state index < -0.39 is 11.2 Å². The summed E-state index contributed by atoms with van der Waals surface area (Å²) in [5.74, 6) is 0.595. The molecule has 0 aromatic heterocycles. The number of likely N-dealkylation sites (tertiary alicyclic amines) is 1. The number of carbonyl (C=O) groups excluding carboxylic acids is 1. The Hall–Kier alpha value is -0.110. The normalized spacial score (nSPS) is 19.2.